The van der Waals surface area contributed by atoms with Crippen LogP contribution in [0.15, 0.2) is 30.5 Å². The first-order valence-corrected chi connectivity index (χ1v) is 7.43. The van der Waals surface area contributed by atoms with Gasteiger partial charge in [0.1, 0.15) is 5.75 Å². The Balaban J connectivity index is 1.93. The topological polar surface area (TPSA) is 77.6 Å². The van der Waals surface area contributed by atoms with Crippen LogP contribution >= 0.6 is 0 Å². The summed E-state index contributed by atoms with van der Waals surface area (Å²) in [5.74, 6) is 1.13. The molecule has 2 aromatic rings. The maximum atomic E-state index is 10.1. The van der Waals surface area contributed by atoms with E-state index < -0.39 is 7.12 Å². The third-order valence-electron chi connectivity index (χ3n) is 3.90. The smallest absolute Gasteiger partial charge is 0.439 e. The third-order valence-corrected chi connectivity index (χ3v) is 3.90. The molecule has 1 aliphatic heterocycles. The Labute approximate surface area is 130 Å². The lowest BCUT2D eigenvalue weighted by molar-refractivity contribution is 0.186. The SMILES string of the molecule is CCC1OB(O)c2cc(Oc3cc(CN)ccn3)cc(C)c21. The zero-order valence-electron chi connectivity index (χ0n) is 12.7. The number of fused-ring (bicyclic) bond motifs is 1. The average molecular weight is 298 g/mol. The highest BCUT2D eigenvalue weighted by Crippen LogP contribution is 2.32. The molecule has 3 rings (SSSR count). The van der Waals surface area contributed by atoms with Gasteiger partial charge in [-0.25, -0.2) is 4.98 Å². The maximum Gasteiger partial charge on any atom is 0.492 e. The van der Waals surface area contributed by atoms with Crippen LogP contribution in [0.1, 0.15) is 36.1 Å². The fourth-order valence-electron chi connectivity index (χ4n) is 2.85. The molecule has 0 saturated carbocycles. The largest absolute Gasteiger partial charge is 0.492 e. The van der Waals surface area contributed by atoms with E-state index >= 15 is 0 Å². The molecule has 114 valence electrons. The van der Waals surface area contributed by atoms with Gasteiger partial charge >= 0.3 is 7.12 Å². The number of nitrogens with zero attached hydrogens (tertiary/aromatic N) is 1. The Bertz CT molecular complexity index is 693. The molecule has 3 N–H and O–H groups in total. The summed E-state index contributed by atoms with van der Waals surface area (Å²) in [5.41, 5.74) is 9.46. The number of hydrogen-bond donors (Lipinski definition) is 2. The average Bonchev–Trinajstić information content (AvgIpc) is 2.84. The van der Waals surface area contributed by atoms with Gasteiger partial charge in [0.15, 0.2) is 0 Å². The minimum atomic E-state index is -0.898. The van der Waals surface area contributed by atoms with Gasteiger partial charge in [-0.05, 0) is 53.7 Å². The van der Waals surface area contributed by atoms with Crippen molar-refractivity contribution in [2.45, 2.75) is 32.9 Å². The van der Waals surface area contributed by atoms with Crippen LogP contribution in [-0.2, 0) is 11.2 Å². The quantitative estimate of drug-likeness (QED) is 0.842. The second-order valence-corrected chi connectivity index (χ2v) is 5.44. The number of nitrogens with two attached hydrogens (primary N) is 1. The van der Waals surface area contributed by atoms with Crippen molar-refractivity contribution in [2.75, 3.05) is 0 Å². The van der Waals surface area contributed by atoms with Crippen molar-refractivity contribution < 1.29 is 14.4 Å². The summed E-state index contributed by atoms with van der Waals surface area (Å²) in [4.78, 5) is 4.18. The fraction of sp³-hybridized carbons (Fsp3) is 0.312. The monoisotopic (exact) mass is 298 g/mol. The molecule has 0 radical (unpaired) electrons. The van der Waals surface area contributed by atoms with Crippen LogP contribution in [-0.4, -0.2) is 17.1 Å². The zero-order chi connectivity index (χ0) is 15.7. The van der Waals surface area contributed by atoms with E-state index in [4.69, 9.17) is 15.1 Å². The summed E-state index contributed by atoms with van der Waals surface area (Å²) in [6.45, 7) is 4.48. The van der Waals surface area contributed by atoms with Crippen molar-refractivity contribution in [3.8, 4) is 11.6 Å². The molecule has 5 nitrogen and oxygen atoms in total. The van der Waals surface area contributed by atoms with Crippen molar-refractivity contribution >= 4 is 12.6 Å². The number of ether oxygens (including phenoxy) is 1. The second-order valence-electron chi connectivity index (χ2n) is 5.44. The molecule has 1 aromatic heterocycles. The molecule has 2 heterocycles. The summed E-state index contributed by atoms with van der Waals surface area (Å²) in [5, 5.41) is 10.1. The van der Waals surface area contributed by atoms with E-state index in [-0.39, 0.29) is 6.10 Å². The van der Waals surface area contributed by atoms with Gasteiger partial charge < -0.3 is 20.1 Å². The molecule has 0 saturated heterocycles. The van der Waals surface area contributed by atoms with Crippen LogP contribution in [0.25, 0.3) is 0 Å². The van der Waals surface area contributed by atoms with Crippen molar-refractivity contribution in [3.63, 3.8) is 0 Å². The minimum Gasteiger partial charge on any atom is -0.439 e. The molecule has 0 spiro atoms. The lowest BCUT2D eigenvalue weighted by Gasteiger charge is -2.13. The number of aryl methyl sites for hydroxylation is 1. The van der Waals surface area contributed by atoms with Gasteiger partial charge in [0.05, 0.1) is 6.10 Å². The van der Waals surface area contributed by atoms with Crippen molar-refractivity contribution in [1.82, 2.24) is 4.98 Å². The molecule has 1 aliphatic rings. The van der Waals surface area contributed by atoms with Gasteiger partial charge in [0.2, 0.25) is 5.88 Å². The van der Waals surface area contributed by atoms with Crippen LogP contribution in [0.4, 0.5) is 0 Å². The Morgan fingerprint density at radius 3 is 2.95 bits per heavy atom. The van der Waals surface area contributed by atoms with E-state index in [0.717, 1.165) is 28.6 Å². The van der Waals surface area contributed by atoms with Gasteiger partial charge in [0, 0.05) is 18.8 Å². The van der Waals surface area contributed by atoms with Crippen molar-refractivity contribution in [2.24, 2.45) is 5.73 Å². The molecule has 0 fully saturated rings. The van der Waals surface area contributed by atoms with Gasteiger partial charge in [-0.15, -0.1) is 0 Å². The molecular weight excluding hydrogens is 279 g/mol. The van der Waals surface area contributed by atoms with Crippen LogP contribution in [0.5, 0.6) is 11.6 Å². The van der Waals surface area contributed by atoms with Gasteiger partial charge in [0.25, 0.3) is 0 Å². The predicted molar refractivity (Wildman–Crippen MR) is 85.1 cm³/mol. The predicted octanol–water partition coefficient (Wildman–Crippen LogP) is 1.81. The summed E-state index contributed by atoms with van der Waals surface area (Å²) < 4.78 is 11.4. The lowest BCUT2D eigenvalue weighted by atomic mass is 9.77. The van der Waals surface area contributed by atoms with E-state index in [0.29, 0.717) is 18.2 Å². The van der Waals surface area contributed by atoms with Crippen LogP contribution in [0.3, 0.4) is 0 Å². The number of pyridine rings is 1. The standard InChI is InChI=1S/C16H19BN2O3/c1-3-14-16-10(2)6-12(8-13(16)17(20)22-14)21-15-7-11(9-18)4-5-19-15/h4-8,14,20H,3,9,18H2,1-2H3. The Morgan fingerprint density at radius 2 is 2.23 bits per heavy atom. The van der Waals surface area contributed by atoms with Crippen molar-refractivity contribution in [3.05, 3.63) is 47.2 Å². The van der Waals surface area contributed by atoms with E-state index in [1.807, 2.05) is 38.1 Å². The highest BCUT2D eigenvalue weighted by Gasteiger charge is 2.35. The third kappa shape index (κ3) is 2.73. The zero-order valence-corrected chi connectivity index (χ0v) is 12.7. The summed E-state index contributed by atoms with van der Waals surface area (Å²) in [6, 6.07) is 7.42. The summed E-state index contributed by atoms with van der Waals surface area (Å²) >= 11 is 0. The Kier molecular flexibility index (Phi) is 4.15. The van der Waals surface area contributed by atoms with E-state index in [2.05, 4.69) is 4.98 Å². The van der Waals surface area contributed by atoms with Gasteiger partial charge in [-0.2, -0.15) is 0 Å². The second kappa shape index (κ2) is 6.08. The van der Waals surface area contributed by atoms with E-state index in [9.17, 15) is 5.02 Å². The molecule has 0 bridgehead atoms. The maximum absolute atomic E-state index is 10.1. The first-order valence-electron chi connectivity index (χ1n) is 7.43. The van der Waals surface area contributed by atoms with Gasteiger partial charge in [-0.1, -0.05) is 6.92 Å². The van der Waals surface area contributed by atoms with E-state index in [1.54, 1.807) is 6.20 Å². The first kappa shape index (κ1) is 15.0. The molecule has 0 aliphatic carbocycles. The van der Waals surface area contributed by atoms with Gasteiger partial charge in [-0.3, -0.25) is 0 Å². The molecule has 1 unspecified atom stereocenters. The van der Waals surface area contributed by atoms with Crippen molar-refractivity contribution in [1.29, 1.82) is 0 Å². The summed E-state index contributed by atoms with van der Waals surface area (Å²) in [7, 11) is -0.898. The molecule has 22 heavy (non-hydrogen) atoms. The normalized spacial score (nSPS) is 16.7. The van der Waals surface area contributed by atoms with Crippen LogP contribution in [0, 0.1) is 6.92 Å². The highest BCUT2D eigenvalue weighted by atomic mass is 16.5. The Morgan fingerprint density at radius 1 is 1.41 bits per heavy atom. The number of hydrogen-bond acceptors (Lipinski definition) is 5. The fourth-order valence-corrected chi connectivity index (χ4v) is 2.85. The highest BCUT2D eigenvalue weighted by molar-refractivity contribution is 6.61. The molecule has 1 atom stereocenters. The molecule has 6 heteroatoms. The molecule has 0 amide bonds. The number of aromatic nitrogens is 1. The number of benzene rings is 1. The molecule has 1 aromatic carbocycles. The summed E-state index contributed by atoms with van der Waals surface area (Å²) in [6.07, 6.45) is 2.44. The lowest BCUT2D eigenvalue weighted by Crippen LogP contribution is -2.28. The van der Waals surface area contributed by atoms with E-state index in [1.165, 1.54) is 0 Å². The first-order chi connectivity index (χ1) is 10.6. The molecular formula is C16H19BN2O3. The van der Waals surface area contributed by atoms with Crippen LogP contribution in [0.2, 0.25) is 0 Å². The Hall–Kier alpha value is -1.89. The van der Waals surface area contributed by atoms with Crippen LogP contribution < -0.4 is 15.9 Å². The minimum absolute atomic E-state index is 0.0576. The number of rotatable bonds is 4.